The molecule has 0 amide bonds. The number of nitriles is 1. The highest BCUT2D eigenvalue weighted by molar-refractivity contribution is 7.20. The molecule has 4 aromatic heterocycles. The van der Waals surface area contributed by atoms with Crippen LogP contribution in [0.4, 0.5) is 0 Å². The zero-order valence-corrected chi connectivity index (χ0v) is 67.2. The normalized spacial score (nSPS) is 11.6. The number of para-hydroxylation sites is 2. The van der Waals surface area contributed by atoms with Crippen LogP contribution in [0.1, 0.15) is 5.56 Å². The lowest BCUT2D eigenvalue weighted by atomic mass is 10.0. The summed E-state index contributed by atoms with van der Waals surface area (Å²) in [4.78, 5) is 0. The minimum absolute atomic E-state index is 0.647. The highest BCUT2D eigenvalue weighted by Crippen LogP contribution is 2.43. The molecule has 6 heteroatoms. The Hall–Kier alpha value is -15.9. The van der Waals surface area contributed by atoms with Gasteiger partial charge in [-0.2, -0.15) is 5.26 Å². The lowest BCUT2D eigenvalue weighted by Gasteiger charge is -2.34. The van der Waals surface area contributed by atoms with Gasteiger partial charge in [-0.25, -0.2) is 0 Å². The van der Waals surface area contributed by atoms with Gasteiger partial charge in [-0.3, -0.25) is 0 Å². The maximum absolute atomic E-state index is 9.82. The van der Waals surface area contributed by atoms with E-state index in [1.807, 2.05) is 18.2 Å². The second kappa shape index (κ2) is 30.3. The third-order valence-corrected chi connectivity index (χ3v) is 29.4. The zero-order valence-electron chi connectivity index (χ0n) is 66.2. The summed E-state index contributed by atoms with van der Waals surface area (Å²) in [5.74, 6) is 0. The molecule has 0 saturated heterocycles. The van der Waals surface area contributed by atoms with Crippen molar-refractivity contribution in [2.45, 2.75) is 0 Å². The summed E-state index contributed by atoms with van der Waals surface area (Å²) in [5.41, 5.74) is 28.7. The fourth-order valence-corrected chi connectivity index (χ4v) is 23.7. The van der Waals surface area contributed by atoms with Gasteiger partial charge in [-0.1, -0.05) is 340 Å². The fraction of sp³-hybridized carbons (Fsp3) is 0. The van der Waals surface area contributed by atoms with Crippen LogP contribution >= 0.6 is 0 Å². The number of rotatable bonds is 14. The van der Waals surface area contributed by atoms with Gasteiger partial charge < -0.3 is 18.3 Å². The first-order valence-corrected chi connectivity index (χ1v) is 43.4. The molecule has 0 aliphatic rings. The van der Waals surface area contributed by atoms with Crippen molar-refractivity contribution in [1.82, 2.24) is 18.3 Å². The van der Waals surface area contributed by atoms with Crippen LogP contribution in [0.5, 0.6) is 0 Å². The first-order valence-electron chi connectivity index (χ1n) is 41.4. The van der Waals surface area contributed by atoms with E-state index in [9.17, 15) is 5.26 Å². The molecule has 0 aliphatic carbocycles. The lowest BCUT2D eigenvalue weighted by molar-refractivity contribution is 1.18. The Morgan fingerprint density at radius 2 is 0.388 bits per heavy atom. The summed E-state index contributed by atoms with van der Waals surface area (Å²) in [6.07, 6.45) is 0. The van der Waals surface area contributed by atoms with Gasteiger partial charge in [0, 0.05) is 65.8 Å². The highest BCUT2D eigenvalue weighted by Gasteiger charge is 2.42. The van der Waals surface area contributed by atoms with Gasteiger partial charge >= 0.3 is 0 Å². The molecule has 0 bridgehead atoms. The van der Waals surface area contributed by atoms with Crippen molar-refractivity contribution in [3.63, 3.8) is 0 Å². The summed E-state index contributed by atoms with van der Waals surface area (Å²) in [7, 11) is -2.81. The molecule has 0 unspecified atom stereocenters. The van der Waals surface area contributed by atoms with Gasteiger partial charge in [0.05, 0.1) is 55.8 Å². The van der Waals surface area contributed by atoms with Gasteiger partial charge in [-0.05, 0) is 215 Å². The summed E-state index contributed by atoms with van der Waals surface area (Å²) in [6.45, 7) is 0. The summed E-state index contributed by atoms with van der Waals surface area (Å²) in [6, 6.07) is 172. The average molecular weight is 1560 g/mol. The van der Waals surface area contributed by atoms with Crippen LogP contribution in [-0.4, -0.2) is 26.3 Å². The van der Waals surface area contributed by atoms with Gasteiger partial charge in [0.2, 0.25) is 0 Å². The fourth-order valence-electron chi connectivity index (χ4n) is 18.9. The average Bonchev–Trinajstić information content (AvgIpc) is 1.70. The van der Waals surface area contributed by atoms with E-state index in [0.717, 1.165) is 50.1 Å². The second-order valence-corrected chi connectivity index (χ2v) is 35.2. The number of aromatic nitrogens is 4. The Morgan fingerprint density at radius 3 is 0.694 bits per heavy atom. The number of benzene rings is 19. The number of fused-ring (bicyclic) bond motifs is 12. The molecule has 0 saturated carbocycles. The SMILES string of the molecule is N#Cc1ccc2c3cc(-c4ccc5c(c4)c4ccccc4n5-c4ccc(-c5ccccc5)cc4)ccc3n(-c3ccc(-c4ccccc4)cc3)c2c1.c1ccc(-c2ccc(-n3c4ccccc4c4cc(-c5ccc6c(c5)c5ccc([Si](c7ccccc7)(c7ccccc7)c7ccccc7)cc5n6-c5ccc(-c6ccccc6)cc5)ccc43)cc2)cc1. The van der Waals surface area contributed by atoms with Crippen molar-refractivity contribution in [2.75, 3.05) is 0 Å². The molecule has 566 valence electrons. The summed E-state index contributed by atoms with van der Waals surface area (Å²) in [5, 5.41) is 24.9. The van der Waals surface area contributed by atoms with E-state index >= 15 is 0 Å². The number of nitrogens with zero attached hydrogens (tertiary/aromatic N) is 5. The van der Waals surface area contributed by atoms with Crippen LogP contribution in [0.25, 0.3) is 177 Å². The predicted molar refractivity (Wildman–Crippen MR) is 511 cm³/mol. The van der Waals surface area contributed by atoms with E-state index < -0.39 is 8.07 Å². The Morgan fingerprint density at radius 1 is 0.157 bits per heavy atom. The van der Waals surface area contributed by atoms with Crippen LogP contribution in [0.2, 0.25) is 0 Å². The molecule has 0 radical (unpaired) electrons. The Balaban J connectivity index is 0.000000151. The molecule has 0 atom stereocenters. The van der Waals surface area contributed by atoms with Crippen molar-refractivity contribution in [2.24, 2.45) is 0 Å². The predicted octanol–water partition coefficient (Wildman–Crippen LogP) is 27.0. The van der Waals surface area contributed by atoms with Crippen molar-refractivity contribution < 1.29 is 0 Å². The second-order valence-electron chi connectivity index (χ2n) is 31.4. The third kappa shape index (κ3) is 12.5. The molecule has 0 spiro atoms. The minimum atomic E-state index is -2.81. The molecule has 0 N–H and O–H groups in total. The lowest BCUT2D eigenvalue weighted by Crippen LogP contribution is -2.74. The quantitative estimate of drug-likeness (QED) is 0.0790. The Kier molecular flexibility index (Phi) is 17.9. The van der Waals surface area contributed by atoms with E-state index in [0.29, 0.717) is 5.56 Å². The van der Waals surface area contributed by atoms with Crippen LogP contribution in [0.15, 0.2) is 467 Å². The Bertz CT molecular complexity index is 7770. The highest BCUT2D eigenvalue weighted by atomic mass is 28.3. The van der Waals surface area contributed by atoms with E-state index in [-0.39, 0.29) is 0 Å². The molecule has 5 nitrogen and oxygen atoms in total. The molecule has 0 fully saturated rings. The first-order chi connectivity index (χ1) is 59.9. The van der Waals surface area contributed by atoms with Gasteiger partial charge in [-0.15, -0.1) is 0 Å². The zero-order chi connectivity index (χ0) is 80.3. The van der Waals surface area contributed by atoms with Crippen LogP contribution in [0.3, 0.4) is 0 Å². The van der Waals surface area contributed by atoms with Crippen molar-refractivity contribution in [1.29, 1.82) is 5.26 Å². The standard InChI is InChI=1S/C66H46N2Si.C49H31N3/c1-6-18-47(19-7-1)49-30-36-53(37-31-49)67-63-29-17-16-28-59(63)61-44-51(34-42-64(61)67)52-35-43-65-62(45-52)60-41-40-58(46-66(60)68(65)54-38-32-50(33-39-54)48-20-8-2-9-21-48)69(55-22-10-3-11-23-55,56-24-12-4-13-25-56)57-26-14-5-15-27-57;50-32-33-15-26-43-45-31-39(21-28-48(45)52(49(43)29-33)41-24-18-37(19-25-41)35-11-5-2-6-12-35)38-20-27-47-44(30-38)42-13-7-8-14-46(42)51(47)40-22-16-36(17-23-40)34-9-3-1-4-10-34/h1-46H;1-31H. The van der Waals surface area contributed by atoms with E-state index in [1.54, 1.807) is 0 Å². The third-order valence-electron chi connectivity index (χ3n) is 24.7. The molecule has 121 heavy (non-hydrogen) atoms. The molecule has 4 heterocycles. The molecule has 23 rings (SSSR count). The van der Waals surface area contributed by atoms with E-state index in [1.165, 1.54) is 147 Å². The van der Waals surface area contributed by atoms with Crippen molar-refractivity contribution >= 4 is 116 Å². The summed E-state index contributed by atoms with van der Waals surface area (Å²) < 4.78 is 9.55. The maximum Gasteiger partial charge on any atom is 0.179 e. The molecular formula is C115H77N5Si. The maximum atomic E-state index is 9.82. The van der Waals surface area contributed by atoms with Crippen molar-refractivity contribution in [3.8, 4) is 95.6 Å². The largest absolute Gasteiger partial charge is 0.309 e. The van der Waals surface area contributed by atoms with Gasteiger partial charge in [0.25, 0.3) is 0 Å². The van der Waals surface area contributed by atoms with Gasteiger partial charge in [0.15, 0.2) is 8.07 Å². The number of hydrogen-bond donors (Lipinski definition) is 0. The van der Waals surface area contributed by atoms with Crippen LogP contribution < -0.4 is 20.7 Å². The van der Waals surface area contributed by atoms with E-state index in [2.05, 4.69) is 473 Å². The minimum Gasteiger partial charge on any atom is -0.309 e. The molecule has 23 aromatic rings. The van der Waals surface area contributed by atoms with Crippen molar-refractivity contribution in [3.05, 3.63) is 473 Å². The summed E-state index contributed by atoms with van der Waals surface area (Å²) >= 11 is 0. The van der Waals surface area contributed by atoms with Gasteiger partial charge in [0.1, 0.15) is 0 Å². The van der Waals surface area contributed by atoms with Crippen LogP contribution in [0, 0.1) is 11.3 Å². The molecular weight excluding hydrogens is 1480 g/mol. The smallest absolute Gasteiger partial charge is 0.179 e. The monoisotopic (exact) mass is 1560 g/mol. The molecule has 19 aromatic carbocycles. The first kappa shape index (κ1) is 71.6. The molecule has 0 aliphatic heterocycles. The Labute approximate surface area is 703 Å². The number of hydrogen-bond acceptors (Lipinski definition) is 1. The topological polar surface area (TPSA) is 43.5 Å². The van der Waals surface area contributed by atoms with Crippen LogP contribution in [-0.2, 0) is 0 Å². The van der Waals surface area contributed by atoms with E-state index in [4.69, 9.17) is 0 Å².